The molecular formula is C11H19N3O3. The van der Waals surface area contributed by atoms with Crippen molar-refractivity contribution in [1.82, 2.24) is 15.1 Å². The average Bonchev–Trinajstić information content (AvgIpc) is 2.28. The van der Waals surface area contributed by atoms with Gasteiger partial charge in [0.2, 0.25) is 5.91 Å². The minimum Gasteiger partial charge on any atom is -0.339 e. The first-order valence-electron chi connectivity index (χ1n) is 5.78. The van der Waals surface area contributed by atoms with Gasteiger partial charge in [-0.25, -0.2) is 4.79 Å². The topological polar surface area (TPSA) is 69.7 Å². The van der Waals surface area contributed by atoms with Gasteiger partial charge in [-0.1, -0.05) is 0 Å². The molecule has 1 saturated heterocycles. The van der Waals surface area contributed by atoms with Crippen molar-refractivity contribution in [3.05, 3.63) is 0 Å². The number of amides is 3. The number of piperazine rings is 1. The van der Waals surface area contributed by atoms with Crippen LogP contribution in [-0.2, 0) is 9.59 Å². The summed E-state index contributed by atoms with van der Waals surface area (Å²) in [5, 5.41) is 2.69. The SMILES string of the molecule is CC(=O)CCNC(=O)N1CCN(C(C)=O)CC1. The Bertz CT molecular complexity index is 309. The predicted molar refractivity (Wildman–Crippen MR) is 62.5 cm³/mol. The highest BCUT2D eigenvalue weighted by atomic mass is 16.2. The highest BCUT2D eigenvalue weighted by molar-refractivity contribution is 5.78. The number of nitrogens with zero attached hydrogens (tertiary/aromatic N) is 2. The highest BCUT2D eigenvalue weighted by Gasteiger charge is 2.21. The lowest BCUT2D eigenvalue weighted by molar-refractivity contribution is -0.130. The Hall–Kier alpha value is -1.59. The number of urea groups is 1. The van der Waals surface area contributed by atoms with Gasteiger partial charge in [-0.2, -0.15) is 0 Å². The second kappa shape index (κ2) is 6.22. The number of Topliss-reactive ketones (excluding diaryl/α,β-unsaturated/α-hetero) is 1. The molecule has 1 rings (SSSR count). The third-order valence-electron chi connectivity index (χ3n) is 2.77. The maximum absolute atomic E-state index is 11.7. The zero-order valence-electron chi connectivity index (χ0n) is 10.4. The first-order valence-corrected chi connectivity index (χ1v) is 5.78. The quantitative estimate of drug-likeness (QED) is 0.746. The molecule has 0 saturated carbocycles. The van der Waals surface area contributed by atoms with Gasteiger partial charge in [0.05, 0.1) is 0 Å². The highest BCUT2D eigenvalue weighted by Crippen LogP contribution is 2.02. The van der Waals surface area contributed by atoms with Crippen LogP contribution in [0.15, 0.2) is 0 Å². The maximum atomic E-state index is 11.7. The summed E-state index contributed by atoms with van der Waals surface area (Å²) in [7, 11) is 0. The first kappa shape index (κ1) is 13.5. The smallest absolute Gasteiger partial charge is 0.317 e. The van der Waals surface area contributed by atoms with Gasteiger partial charge in [-0.05, 0) is 6.92 Å². The van der Waals surface area contributed by atoms with Crippen molar-refractivity contribution in [3.8, 4) is 0 Å². The maximum Gasteiger partial charge on any atom is 0.317 e. The molecule has 1 heterocycles. The number of carbonyl (C=O) groups excluding carboxylic acids is 3. The van der Waals surface area contributed by atoms with Crippen LogP contribution in [0.5, 0.6) is 0 Å². The molecule has 0 radical (unpaired) electrons. The molecule has 0 spiro atoms. The van der Waals surface area contributed by atoms with Crippen LogP contribution in [-0.4, -0.2) is 60.2 Å². The van der Waals surface area contributed by atoms with E-state index in [0.717, 1.165) is 0 Å². The van der Waals surface area contributed by atoms with Crippen molar-refractivity contribution in [3.63, 3.8) is 0 Å². The average molecular weight is 241 g/mol. The molecule has 17 heavy (non-hydrogen) atoms. The van der Waals surface area contributed by atoms with Gasteiger partial charge < -0.3 is 15.1 Å². The standard InChI is InChI=1S/C11H19N3O3/c1-9(15)3-4-12-11(17)14-7-5-13(6-8-14)10(2)16/h3-8H2,1-2H3,(H,12,17). The molecule has 1 aliphatic rings. The summed E-state index contributed by atoms with van der Waals surface area (Å²) in [4.78, 5) is 36.8. The second-order valence-corrected chi connectivity index (χ2v) is 4.18. The van der Waals surface area contributed by atoms with Crippen LogP contribution < -0.4 is 5.32 Å². The summed E-state index contributed by atoms with van der Waals surface area (Å²) in [6.07, 6.45) is 0.360. The van der Waals surface area contributed by atoms with Gasteiger partial charge in [0.25, 0.3) is 0 Å². The second-order valence-electron chi connectivity index (χ2n) is 4.18. The van der Waals surface area contributed by atoms with E-state index in [1.54, 1.807) is 9.80 Å². The summed E-state index contributed by atoms with van der Waals surface area (Å²) in [6, 6.07) is -0.158. The van der Waals surface area contributed by atoms with E-state index < -0.39 is 0 Å². The molecule has 0 aliphatic carbocycles. The molecule has 0 aromatic rings. The molecular weight excluding hydrogens is 222 g/mol. The van der Waals surface area contributed by atoms with E-state index >= 15 is 0 Å². The van der Waals surface area contributed by atoms with E-state index in [-0.39, 0.29) is 17.7 Å². The summed E-state index contributed by atoms with van der Waals surface area (Å²) in [5.41, 5.74) is 0. The summed E-state index contributed by atoms with van der Waals surface area (Å²) in [6.45, 7) is 5.66. The van der Waals surface area contributed by atoms with Gasteiger partial charge in [-0.15, -0.1) is 0 Å². The summed E-state index contributed by atoms with van der Waals surface area (Å²) in [5.74, 6) is 0.105. The van der Waals surface area contributed by atoms with Gasteiger partial charge in [0.1, 0.15) is 5.78 Å². The number of rotatable bonds is 3. The van der Waals surface area contributed by atoms with Crippen molar-refractivity contribution in [2.75, 3.05) is 32.7 Å². The lowest BCUT2D eigenvalue weighted by Gasteiger charge is -2.34. The number of hydrogen-bond donors (Lipinski definition) is 1. The molecule has 1 fully saturated rings. The van der Waals surface area contributed by atoms with Gasteiger partial charge in [0, 0.05) is 46.1 Å². The predicted octanol–water partition coefficient (Wildman–Crippen LogP) is -0.161. The van der Waals surface area contributed by atoms with Crippen molar-refractivity contribution in [2.24, 2.45) is 0 Å². The molecule has 3 amide bonds. The summed E-state index contributed by atoms with van der Waals surface area (Å²) >= 11 is 0. The lowest BCUT2D eigenvalue weighted by atomic mass is 10.3. The molecule has 0 bridgehead atoms. The van der Waals surface area contributed by atoms with Crippen molar-refractivity contribution >= 4 is 17.7 Å². The van der Waals surface area contributed by atoms with Crippen LogP contribution in [0.1, 0.15) is 20.3 Å². The molecule has 6 heteroatoms. The van der Waals surface area contributed by atoms with Crippen molar-refractivity contribution < 1.29 is 14.4 Å². The Morgan fingerprint density at radius 2 is 1.53 bits per heavy atom. The molecule has 0 atom stereocenters. The monoisotopic (exact) mass is 241 g/mol. The number of carbonyl (C=O) groups is 3. The summed E-state index contributed by atoms with van der Waals surface area (Å²) < 4.78 is 0. The Morgan fingerprint density at radius 1 is 1.00 bits per heavy atom. The molecule has 0 aromatic heterocycles. The Balaban J connectivity index is 2.26. The lowest BCUT2D eigenvalue weighted by Crippen LogP contribution is -2.52. The van der Waals surface area contributed by atoms with Gasteiger partial charge in [0.15, 0.2) is 0 Å². The fourth-order valence-corrected chi connectivity index (χ4v) is 1.68. The van der Waals surface area contributed by atoms with Gasteiger partial charge in [-0.3, -0.25) is 9.59 Å². The molecule has 6 nitrogen and oxygen atoms in total. The Labute approximate surface area is 101 Å². The minimum absolute atomic E-state index is 0.0432. The van der Waals surface area contributed by atoms with E-state index in [2.05, 4.69) is 5.32 Å². The van der Waals surface area contributed by atoms with E-state index in [4.69, 9.17) is 0 Å². The number of ketones is 1. The normalized spacial score (nSPS) is 15.6. The zero-order chi connectivity index (χ0) is 12.8. The third kappa shape index (κ3) is 4.42. The van der Waals surface area contributed by atoms with Crippen LogP contribution >= 0.6 is 0 Å². The first-order chi connectivity index (χ1) is 8.00. The number of hydrogen-bond acceptors (Lipinski definition) is 3. The van der Waals surface area contributed by atoms with E-state index in [9.17, 15) is 14.4 Å². The van der Waals surface area contributed by atoms with E-state index in [1.165, 1.54) is 13.8 Å². The fourth-order valence-electron chi connectivity index (χ4n) is 1.68. The molecule has 0 unspecified atom stereocenters. The molecule has 1 N–H and O–H groups in total. The van der Waals surface area contributed by atoms with Crippen LogP contribution in [0.3, 0.4) is 0 Å². The van der Waals surface area contributed by atoms with Crippen LogP contribution in [0.2, 0.25) is 0 Å². The fraction of sp³-hybridized carbons (Fsp3) is 0.727. The molecule has 1 aliphatic heterocycles. The van der Waals surface area contributed by atoms with Crippen LogP contribution in [0.4, 0.5) is 4.79 Å². The molecule has 96 valence electrons. The van der Waals surface area contributed by atoms with E-state index in [0.29, 0.717) is 39.1 Å². The number of nitrogens with one attached hydrogen (secondary N) is 1. The van der Waals surface area contributed by atoms with E-state index in [1.807, 2.05) is 0 Å². The Kier molecular flexibility index (Phi) is 4.93. The minimum atomic E-state index is -0.158. The van der Waals surface area contributed by atoms with Crippen molar-refractivity contribution in [2.45, 2.75) is 20.3 Å². The Morgan fingerprint density at radius 3 is 2.00 bits per heavy atom. The van der Waals surface area contributed by atoms with Gasteiger partial charge >= 0.3 is 6.03 Å². The molecule has 0 aromatic carbocycles. The third-order valence-corrected chi connectivity index (χ3v) is 2.77. The largest absolute Gasteiger partial charge is 0.339 e. The van der Waals surface area contributed by atoms with Crippen LogP contribution in [0, 0.1) is 0 Å². The van der Waals surface area contributed by atoms with Crippen LogP contribution in [0.25, 0.3) is 0 Å². The zero-order valence-corrected chi connectivity index (χ0v) is 10.4. The van der Waals surface area contributed by atoms with Crippen molar-refractivity contribution in [1.29, 1.82) is 0 Å².